The first-order valence-electron chi connectivity index (χ1n) is 12.4. The number of aliphatic hydroxyl groups is 4. The van der Waals surface area contributed by atoms with Crippen LogP contribution in [0.15, 0.2) is 36.4 Å². The number of ether oxygens (including phenoxy) is 4. The van der Waals surface area contributed by atoms with E-state index in [1.807, 2.05) is 0 Å². The number of phenolic OH excluding ortho intramolecular Hbond substituents is 1. The molecule has 2 aromatic rings. The van der Waals surface area contributed by atoms with Crippen LogP contribution in [0.1, 0.15) is 30.4 Å². The highest BCUT2D eigenvalue weighted by Crippen LogP contribution is 2.32. The Hall–Kier alpha value is -3.42. The van der Waals surface area contributed by atoms with Crippen molar-refractivity contribution in [2.24, 2.45) is 0 Å². The first-order valence-corrected chi connectivity index (χ1v) is 12.4. The van der Waals surface area contributed by atoms with Gasteiger partial charge in [-0.2, -0.15) is 0 Å². The number of rotatable bonds is 13. The highest BCUT2D eigenvalue weighted by atomic mass is 16.7. The fourth-order valence-electron chi connectivity index (χ4n) is 4.20. The molecule has 0 aromatic heterocycles. The lowest BCUT2D eigenvalue weighted by molar-refractivity contribution is -0.271. The molecule has 0 spiro atoms. The molecule has 0 unspecified atom stereocenters. The largest absolute Gasteiger partial charge is 0.504 e. The second kappa shape index (κ2) is 13.6. The summed E-state index contributed by atoms with van der Waals surface area (Å²) >= 11 is 0. The van der Waals surface area contributed by atoms with Gasteiger partial charge < -0.3 is 49.6 Å². The van der Waals surface area contributed by atoms with Crippen LogP contribution < -0.4 is 14.2 Å². The average molecular weight is 551 g/mol. The van der Waals surface area contributed by atoms with Crippen LogP contribution in [0, 0.1) is 0 Å². The molecule has 3 rings (SSSR count). The van der Waals surface area contributed by atoms with Gasteiger partial charge in [0, 0.05) is 12.8 Å². The number of carbonyl (C=O) groups excluding carboxylic acids is 1. The molecule has 0 saturated carbocycles. The molecule has 6 atom stereocenters. The van der Waals surface area contributed by atoms with E-state index in [2.05, 4.69) is 0 Å². The fourth-order valence-corrected chi connectivity index (χ4v) is 4.20. The van der Waals surface area contributed by atoms with E-state index in [4.69, 9.17) is 18.9 Å². The van der Waals surface area contributed by atoms with E-state index in [0.29, 0.717) is 25.0 Å². The summed E-state index contributed by atoms with van der Waals surface area (Å²) in [6.45, 7) is 0. The van der Waals surface area contributed by atoms with Crippen molar-refractivity contribution in [2.45, 2.75) is 68.9 Å². The second-order valence-electron chi connectivity index (χ2n) is 9.28. The second-order valence-corrected chi connectivity index (χ2v) is 9.28. The molecule has 1 aliphatic rings. The fraction of sp³-hybridized carbons (Fsp3) is 0.481. The lowest BCUT2D eigenvalue weighted by atomic mass is 9.99. The number of phenols is 1. The van der Waals surface area contributed by atoms with Crippen molar-refractivity contribution in [2.75, 3.05) is 14.2 Å². The van der Waals surface area contributed by atoms with Crippen molar-refractivity contribution in [3.63, 3.8) is 0 Å². The lowest BCUT2D eigenvalue weighted by Crippen LogP contribution is -2.61. The number of aliphatic carboxylic acids is 1. The zero-order chi connectivity index (χ0) is 28.7. The van der Waals surface area contributed by atoms with Gasteiger partial charge in [-0.3, -0.25) is 4.79 Å². The minimum Gasteiger partial charge on any atom is -0.504 e. The highest BCUT2D eigenvalue weighted by molar-refractivity contribution is 5.79. The molecule has 6 N–H and O–H groups in total. The summed E-state index contributed by atoms with van der Waals surface area (Å²) in [7, 11) is 2.82. The third kappa shape index (κ3) is 7.80. The maximum absolute atomic E-state index is 12.4. The molecule has 214 valence electrons. The van der Waals surface area contributed by atoms with Crippen molar-refractivity contribution < 1.29 is 59.2 Å². The van der Waals surface area contributed by atoms with Crippen LogP contribution in [0.2, 0.25) is 0 Å². The maximum Gasteiger partial charge on any atom is 0.335 e. The molecule has 12 heteroatoms. The summed E-state index contributed by atoms with van der Waals surface area (Å²) in [5.74, 6) is -0.985. The molecule has 0 radical (unpaired) electrons. The molecular formula is C27H34O12. The van der Waals surface area contributed by atoms with Crippen LogP contribution in [0.25, 0.3) is 0 Å². The molecule has 1 aliphatic heterocycles. The van der Waals surface area contributed by atoms with Gasteiger partial charge in [-0.05, 0) is 54.7 Å². The van der Waals surface area contributed by atoms with Crippen molar-refractivity contribution in [1.82, 2.24) is 0 Å². The van der Waals surface area contributed by atoms with Crippen LogP contribution in [-0.2, 0) is 27.2 Å². The van der Waals surface area contributed by atoms with E-state index in [-0.39, 0.29) is 35.9 Å². The average Bonchev–Trinajstić information content (AvgIpc) is 2.91. The summed E-state index contributed by atoms with van der Waals surface area (Å²) < 4.78 is 21.1. The molecule has 12 nitrogen and oxygen atoms in total. The van der Waals surface area contributed by atoms with E-state index in [9.17, 15) is 40.2 Å². The third-order valence-corrected chi connectivity index (χ3v) is 6.45. The topological polar surface area (TPSA) is 192 Å². The Morgan fingerprint density at radius 1 is 0.897 bits per heavy atom. The Labute approximate surface area is 224 Å². The number of Topliss-reactive ketones (excluding diaryl/α,β-unsaturated/α-hetero) is 1. The standard InChI is InChI=1S/C27H34O12/c1-36-20-11-14(5-9-18(20)30)3-7-16(28)13-17(29)8-4-15-6-10-19(21(12-15)37-2)38-27-24(33)22(31)23(32)25(39-27)26(34)35/h5-6,9-12,16,22-25,27-28,30-33H,3-4,7-8,13H2,1-2H3,(H,34,35)/t16-,22-,23+,24-,25-,27-/m1/s1. The van der Waals surface area contributed by atoms with Gasteiger partial charge in [0.05, 0.1) is 20.3 Å². The van der Waals surface area contributed by atoms with Gasteiger partial charge >= 0.3 is 5.97 Å². The monoisotopic (exact) mass is 550 g/mol. The normalized spacial score (nSPS) is 23.6. The first kappa shape index (κ1) is 30.1. The third-order valence-electron chi connectivity index (χ3n) is 6.45. The Balaban J connectivity index is 1.52. The number of benzene rings is 2. The number of hydrogen-bond donors (Lipinski definition) is 6. The van der Waals surface area contributed by atoms with Crippen molar-refractivity contribution in [3.8, 4) is 23.0 Å². The number of aryl methyl sites for hydroxylation is 2. The minimum absolute atomic E-state index is 0.0105. The molecule has 1 saturated heterocycles. The molecule has 0 amide bonds. The minimum atomic E-state index is -1.84. The van der Waals surface area contributed by atoms with Gasteiger partial charge in [0.25, 0.3) is 0 Å². The van der Waals surface area contributed by atoms with Gasteiger partial charge in [0.1, 0.15) is 24.1 Å². The zero-order valence-corrected chi connectivity index (χ0v) is 21.6. The molecule has 0 aliphatic carbocycles. The summed E-state index contributed by atoms with van der Waals surface area (Å²) in [5.41, 5.74) is 1.59. The number of methoxy groups -OCH3 is 2. The number of hydrogen-bond acceptors (Lipinski definition) is 11. The lowest BCUT2D eigenvalue weighted by Gasteiger charge is -2.38. The van der Waals surface area contributed by atoms with E-state index < -0.39 is 42.8 Å². The quantitative estimate of drug-likeness (QED) is 0.203. The van der Waals surface area contributed by atoms with E-state index in [1.165, 1.54) is 26.4 Å². The van der Waals surface area contributed by atoms with Crippen molar-refractivity contribution in [3.05, 3.63) is 47.5 Å². The van der Waals surface area contributed by atoms with E-state index in [0.717, 1.165) is 11.1 Å². The SMILES string of the molecule is COc1cc(CC[C@@H](O)CC(=O)CCc2ccc(O[C@@H]3O[C@@H](C(=O)O)[C@@H](O)[C@@H](O)[C@H]3O)c(OC)c2)ccc1O. The van der Waals surface area contributed by atoms with Crippen LogP contribution in [0.4, 0.5) is 0 Å². The van der Waals surface area contributed by atoms with Gasteiger partial charge in [-0.25, -0.2) is 4.79 Å². The van der Waals surface area contributed by atoms with Crippen LogP contribution in [0.3, 0.4) is 0 Å². The molecule has 2 aromatic carbocycles. The number of carbonyl (C=O) groups is 2. The summed E-state index contributed by atoms with van der Waals surface area (Å²) in [5, 5.41) is 59.1. The number of carboxylic acids is 1. The van der Waals surface area contributed by atoms with Crippen LogP contribution in [-0.4, -0.2) is 93.4 Å². The van der Waals surface area contributed by atoms with E-state index >= 15 is 0 Å². The van der Waals surface area contributed by atoms with Gasteiger partial charge in [0.15, 0.2) is 29.1 Å². The Morgan fingerprint density at radius 2 is 1.54 bits per heavy atom. The predicted octanol–water partition coefficient (Wildman–Crippen LogP) is 0.566. The maximum atomic E-state index is 12.4. The van der Waals surface area contributed by atoms with Crippen LogP contribution in [0.5, 0.6) is 23.0 Å². The van der Waals surface area contributed by atoms with E-state index in [1.54, 1.807) is 24.3 Å². The summed E-state index contributed by atoms with van der Waals surface area (Å²) in [4.78, 5) is 23.7. The van der Waals surface area contributed by atoms with Crippen molar-refractivity contribution >= 4 is 11.8 Å². The Kier molecular flexibility index (Phi) is 10.5. The number of aliphatic hydroxyl groups excluding tert-OH is 4. The summed E-state index contributed by atoms with van der Waals surface area (Å²) in [6, 6.07) is 9.66. The Bertz CT molecular complexity index is 1140. The van der Waals surface area contributed by atoms with Crippen molar-refractivity contribution in [1.29, 1.82) is 0 Å². The molecule has 39 heavy (non-hydrogen) atoms. The Morgan fingerprint density at radius 3 is 2.21 bits per heavy atom. The summed E-state index contributed by atoms with van der Waals surface area (Å²) in [6.07, 6.45) is -8.20. The molecule has 1 heterocycles. The number of carboxylic acid groups (broad SMARTS) is 1. The highest BCUT2D eigenvalue weighted by Gasteiger charge is 2.48. The first-order chi connectivity index (χ1) is 18.5. The smallest absolute Gasteiger partial charge is 0.335 e. The number of ketones is 1. The molecule has 0 bridgehead atoms. The van der Waals surface area contributed by atoms with Gasteiger partial charge in [-0.15, -0.1) is 0 Å². The predicted molar refractivity (Wildman–Crippen MR) is 135 cm³/mol. The molecular weight excluding hydrogens is 516 g/mol. The van der Waals surface area contributed by atoms with Gasteiger partial charge in [0.2, 0.25) is 6.29 Å². The zero-order valence-electron chi connectivity index (χ0n) is 21.6. The van der Waals surface area contributed by atoms with Gasteiger partial charge in [-0.1, -0.05) is 12.1 Å². The van der Waals surface area contributed by atoms with Crippen LogP contribution >= 0.6 is 0 Å². The number of aromatic hydroxyl groups is 1. The molecule has 1 fully saturated rings.